The first-order chi connectivity index (χ1) is 16.5. The van der Waals surface area contributed by atoms with E-state index in [1.54, 1.807) is 41.1 Å². The summed E-state index contributed by atoms with van der Waals surface area (Å²) in [5.74, 6) is 0.164. The number of aromatic amines is 1. The zero-order valence-electron chi connectivity index (χ0n) is 17.5. The van der Waals surface area contributed by atoms with Gasteiger partial charge in [-0.05, 0) is 48.5 Å². The van der Waals surface area contributed by atoms with E-state index in [1.807, 2.05) is 48.7 Å². The smallest absolute Gasteiger partial charge is 0.259 e. The molecule has 164 valence electrons. The van der Waals surface area contributed by atoms with Gasteiger partial charge in [-0.15, -0.1) is 0 Å². The fraction of sp³-hybridized carbons (Fsp3) is 0. The average Bonchev–Trinajstić information content (AvgIpc) is 3.28. The largest absolute Gasteiger partial charge is 0.305 e. The highest BCUT2D eigenvalue weighted by atomic mass is 35.5. The third-order valence-corrected chi connectivity index (χ3v) is 5.71. The van der Waals surface area contributed by atoms with E-state index < -0.39 is 0 Å². The van der Waals surface area contributed by atoms with Crippen LogP contribution in [-0.4, -0.2) is 19.7 Å². The number of rotatable bonds is 4. The molecule has 0 amide bonds. The third-order valence-electron chi connectivity index (χ3n) is 5.22. The van der Waals surface area contributed by atoms with Gasteiger partial charge in [0.2, 0.25) is 0 Å². The molecule has 8 heteroatoms. The Hall–Kier alpha value is -4.18. The van der Waals surface area contributed by atoms with Gasteiger partial charge in [0.25, 0.3) is 5.56 Å². The minimum absolute atomic E-state index is 0.164. The number of allylic oxidation sites excluding steroid dienone is 1. The number of hydrogen-bond acceptors (Lipinski definition) is 4. The van der Waals surface area contributed by atoms with Gasteiger partial charge in [0.15, 0.2) is 5.82 Å². The minimum Gasteiger partial charge on any atom is -0.305 e. The lowest BCUT2D eigenvalue weighted by molar-refractivity contribution is 0.884. The highest BCUT2D eigenvalue weighted by Crippen LogP contribution is 2.28. The van der Waals surface area contributed by atoms with Crippen LogP contribution in [0, 0.1) is 11.3 Å². The maximum Gasteiger partial charge on any atom is 0.259 e. The summed E-state index contributed by atoms with van der Waals surface area (Å²) in [4.78, 5) is 19.8. The number of nitrogens with one attached hydrogen (secondary N) is 1. The average molecular weight is 484 g/mol. The van der Waals surface area contributed by atoms with Crippen LogP contribution in [0.4, 0.5) is 0 Å². The Bertz CT molecular complexity index is 1650. The second kappa shape index (κ2) is 8.99. The van der Waals surface area contributed by atoms with Crippen LogP contribution in [0.25, 0.3) is 39.5 Å². The van der Waals surface area contributed by atoms with Gasteiger partial charge in [-0.1, -0.05) is 53.5 Å². The molecule has 0 saturated carbocycles. The maximum absolute atomic E-state index is 12.6. The summed E-state index contributed by atoms with van der Waals surface area (Å²) in [5, 5.41) is 16.1. The van der Waals surface area contributed by atoms with Gasteiger partial charge in [-0.25, -0.2) is 9.67 Å². The molecule has 0 aliphatic carbocycles. The molecule has 2 heterocycles. The van der Waals surface area contributed by atoms with Crippen LogP contribution in [0.1, 0.15) is 11.4 Å². The molecule has 0 saturated heterocycles. The predicted molar refractivity (Wildman–Crippen MR) is 135 cm³/mol. The summed E-state index contributed by atoms with van der Waals surface area (Å²) in [6.07, 6.45) is 3.49. The van der Waals surface area contributed by atoms with E-state index in [0.717, 1.165) is 11.3 Å². The lowest BCUT2D eigenvalue weighted by atomic mass is 10.1. The predicted octanol–water partition coefficient (Wildman–Crippen LogP) is 6.15. The highest BCUT2D eigenvalue weighted by molar-refractivity contribution is 6.31. The topological polar surface area (TPSA) is 87.4 Å². The number of H-pyrrole nitrogens is 1. The number of hydrogen-bond donors (Lipinski definition) is 1. The van der Waals surface area contributed by atoms with Crippen molar-refractivity contribution in [2.45, 2.75) is 0 Å². The van der Waals surface area contributed by atoms with E-state index in [-0.39, 0.29) is 17.0 Å². The van der Waals surface area contributed by atoms with Crippen LogP contribution in [0.15, 0.2) is 83.8 Å². The highest BCUT2D eigenvalue weighted by Gasteiger charge is 2.15. The number of halogens is 2. The normalized spacial score (nSPS) is 11.5. The van der Waals surface area contributed by atoms with Crippen molar-refractivity contribution in [2.75, 3.05) is 0 Å². The Morgan fingerprint density at radius 3 is 2.47 bits per heavy atom. The lowest BCUT2D eigenvalue weighted by Crippen LogP contribution is -2.11. The summed E-state index contributed by atoms with van der Waals surface area (Å²) < 4.78 is 1.74. The first-order valence-corrected chi connectivity index (χ1v) is 11.0. The van der Waals surface area contributed by atoms with Gasteiger partial charge in [0, 0.05) is 27.4 Å². The fourth-order valence-corrected chi connectivity index (χ4v) is 3.88. The Morgan fingerprint density at radius 1 is 1.00 bits per heavy atom. The minimum atomic E-state index is -0.374. The van der Waals surface area contributed by atoms with Crippen LogP contribution in [0.2, 0.25) is 10.0 Å². The molecule has 5 aromatic rings. The molecule has 0 spiro atoms. The van der Waals surface area contributed by atoms with Gasteiger partial charge in [0.1, 0.15) is 6.07 Å². The van der Waals surface area contributed by atoms with Gasteiger partial charge >= 0.3 is 0 Å². The third kappa shape index (κ3) is 4.23. The summed E-state index contributed by atoms with van der Waals surface area (Å²) in [5.41, 5.74) is 3.30. The number of benzene rings is 3. The Morgan fingerprint density at radius 2 is 1.74 bits per heavy atom. The Balaban J connectivity index is 1.68. The summed E-state index contributed by atoms with van der Waals surface area (Å²) in [6.45, 7) is 0. The number of fused-ring (bicyclic) bond motifs is 1. The molecule has 1 N–H and O–H groups in total. The van der Waals surface area contributed by atoms with Crippen molar-refractivity contribution in [3.63, 3.8) is 0 Å². The Labute approximate surface area is 204 Å². The van der Waals surface area contributed by atoms with Crippen LogP contribution in [0.3, 0.4) is 0 Å². The molecular weight excluding hydrogens is 469 g/mol. The van der Waals surface area contributed by atoms with E-state index in [4.69, 9.17) is 28.3 Å². The molecule has 0 unspecified atom stereocenters. The van der Waals surface area contributed by atoms with Gasteiger partial charge < -0.3 is 4.98 Å². The molecule has 0 radical (unpaired) electrons. The van der Waals surface area contributed by atoms with Crippen molar-refractivity contribution in [1.82, 2.24) is 19.7 Å². The molecule has 6 nitrogen and oxygen atoms in total. The van der Waals surface area contributed by atoms with Crippen molar-refractivity contribution < 1.29 is 0 Å². The van der Waals surface area contributed by atoms with E-state index >= 15 is 0 Å². The molecule has 34 heavy (non-hydrogen) atoms. The lowest BCUT2D eigenvalue weighted by Gasteiger charge is -2.03. The molecule has 0 bridgehead atoms. The summed E-state index contributed by atoms with van der Waals surface area (Å²) in [6, 6.07) is 23.9. The van der Waals surface area contributed by atoms with Gasteiger partial charge in [-0.3, -0.25) is 4.79 Å². The maximum atomic E-state index is 12.6. The van der Waals surface area contributed by atoms with Crippen molar-refractivity contribution >= 4 is 45.8 Å². The van der Waals surface area contributed by atoms with E-state index in [1.165, 1.54) is 0 Å². The molecule has 0 aliphatic heterocycles. The van der Waals surface area contributed by atoms with Crippen LogP contribution < -0.4 is 5.56 Å². The molecule has 0 aliphatic rings. The first-order valence-electron chi connectivity index (χ1n) is 10.2. The van der Waals surface area contributed by atoms with E-state index in [0.29, 0.717) is 32.2 Å². The monoisotopic (exact) mass is 483 g/mol. The zero-order chi connectivity index (χ0) is 23.7. The molecular formula is C26H15Cl2N5O. The van der Waals surface area contributed by atoms with Gasteiger partial charge in [-0.2, -0.15) is 10.4 Å². The Kier molecular flexibility index (Phi) is 5.72. The second-order valence-electron chi connectivity index (χ2n) is 7.47. The summed E-state index contributed by atoms with van der Waals surface area (Å²) >= 11 is 12.1. The first kappa shape index (κ1) is 21.7. The molecule has 3 aromatic carbocycles. The summed E-state index contributed by atoms with van der Waals surface area (Å²) in [7, 11) is 0. The quantitative estimate of drug-likeness (QED) is 0.310. The van der Waals surface area contributed by atoms with Crippen molar-refractivity contribution in [3.05, 3.63) is 111 Å². The number of aromatic nitrogens is 4. The molecule has 2 aromatic heterocycles. The van der Waals surface area contributed by atoms with Crippen LogP contribution in [0.5, 0.6) is 0 Å². The van der Waals surface area contributed by atoms with Crippen LogP contribution >= 0.6 is 23.2 Å². The van der Waals surface area contributed by atoms with E-state index in [9.17, 15) is 10.1 Å². The standard InChI is InChI=1S/C26H15Cl2N5O/c27-19-8-6-16(7-9-19)24-18(15-33(32-24)21-4-2-1-3-5-21)12-17(14-29)25-30-23-11-10-20(28)13-22(23)26(34)31-25/h1-13,15H,(H,30,31,34)/b17-12+. The van der Waals surface area contributed by atoms with Crippen molar-refractivity contribution in [1.29, 1.82) is 5.26 Å². The SMILES string of the molecule is N#C/C(=C\c1cn(-c2ccccc2)nc1-c1ccc(Cl)cc1)c1nc2ccc(Cl)cc2c(=O)[nH]1. The number of nitrogens with zero attached hydrogens (tertiary/aromatic N) is 4. The van der Waals surface area contributed by atoms with Crippen molar-refractivity contribution in [2.24, 2.45) is 0 Å². The molecule has 5 rings (SSSR count). The van der Waals surface area contributed by atoms with Gasteiger partial charge in [0.05, 0.1) is 27.9 Å². The zero-order valence-corrected chi connectivity index (χ0v) is 19.0. The van der Waals surface area contributed by atoms with Crippen molar-refractivity contribution in [3.8, 4) is 23.0 Å². The molecule has 0 fully saturated rings. The number of para-hydroxylation sites is 1. The second-order valence-corrected chi connectivity index (χ2v) is 8.34. The van der Waals surface area contributed by atoms with E-state index in [2.05, 4.69) is 16.0 Å². The van der Waals surface area contributed by atoms with Crippen LogP contribution in [-0.2, 0) is 0 Å². The fourth-order valence-electron chi connectivity index (χ4n) is 3.59. The number of nitriles is 1. The molecule has 0 atom stereocenters.